The second kappa shape index (κ2) is 8.39. The molecule has 0 amide bonds. The smallest absolute Gasteiger partial charge is 0.161 e. The molecule has 5 nitrogen and oxygen atoms in total. The van der Waals surface area contributed by atoms with E-state index in [1.54, 1.807) is 14.2 Å². The van der Waals surface area contributed by atoms with Crippen molar-refractivity contribution in [3.8, 4) is 11.5 Å². The number of fused-ring (bicyclic) bond motifs is 1. The number of hydrogen-bond donors (Lipinski definition) is 1. The van der Waals surface area contributed by atoms with Crippen molar-refractivity contribution in [3.63, 3.8) is 0 Å². The van der Waals surface area contributed by atoms with Crippen LogP contribution in [0.15, 0.2) is 12.1 Å². The van der Waals surface area contributed by atoms with Crippen molar-refractivity contribution in [2.45, 2.75) is 51.4 Å². The van der Waals surface area contributed by atoms with Crippen molar-refractivity contribution in [2.24, 2.45) is 5.92 Å². The number of nitrogens with zero attached hydrogens (tertiary/aromatic N) is 1. The van der Waals surface area contributed by atoms with Gasteiger partial charge in [0.15, 0.2) is 11.5 Å². The van der Waals surface area contributed by atoms with Gasteiger partial charge in [-0.15, -0.1) is 0 Å². The predicted molar refractivity (Wildman–Crippen MR) is 97.3 cm³/mol. The van der Waals surface area contributed by atoms with Gasteiger partial charge in [0.1, 0.15) is 0 Å². The van der Waals surface area contributed by atoms with Crippen molar-refractivity contribution in [3.05, 3.63) is 23.3 Å². The Labute approximate surface area is 150 Å². The molecular weight excluding hydrogens is 318 g/mol. The van der Waals surface area contributed by atoms with Gasteiger partial charge < -0.3 is 19.3 Å². The zero-order valence-electron chi connectivity index (χ0n) is 15.7. The molecular formula is C20H31NO4. The molecule has 0 aromatic heterocycles. The minimum absolute atomic E-state index is 0.327. The topological polar surface area (TPSA) is 51.2 Å². The van der Waals surface area contributed by atoms with E-state index in [1.165, 1.54) is 24.0 Å². The average Bonchev–Trinajstić information content (AvgIpc) is 3.03. The third-order valence-electron chi connectivity index (χ3n) is 5.55. The first-order valence-corrected chi connectivity index (χ1v) is 9.36. The molecule has 25 heavy (non-hydrogen) atoms. The normalized spacial score (nSPS) is 24.8. The van der Waals surface area contributed by atoms with Crippen LogP contribution in [0, 0.1) is 5.92 Å². The van der Waals surface area contributed by atoms with Crippen LogP contribution >= 0.6 is 0 Å². The summed E-state index contributed by atoms with van der Waals surface area (Å²) in [5, 5.41) is 10.4. The maximum absolute atomic E-state index is 10.4. The van der Waals surface area contributed by atoms with Crippen molar-refractivity contribution >= 4 is 0 Å². The van der Waals surface area contributed by atoms with Crippen LogP contribution in [0.1, 0.15) is 37.3 Å². The summed E-state index contributed by atoms with van der Waals surface area (Å²) in [5.41, 5.74) is 2.56. The minimum atomic E-state index is -0.436. The summed E-state index contributed by atoms with van der Waals surface area (Å²) in [6.07, 6.45) is 4.48. The lowest BCUT2D eigenvalue weighted by Gasteiger charge is -2.31. The van der Waals surface area contributed by atoms with E-state index in [2.05, 4.69) is 24.0 Å². The van der Waals surface area contributed by atoms with Gasteiger partial charge in [0.2, 0.25) is 0 Å². The van der Waals surface area contributed by atoms with E-state index >= 15 is 0 Å². The van der Waals surface area contributed by atoms with Gasteiger partial charge in [-0.1, -0.05) is 13.3 Å². The molecule has 1 aromatic rings. The van der Waals surface area contributed by atoms with Crippen molar-refractivity contribution in [1.29, 1.82) is 0 Å². The lowest BCUT2D eigenvalue weighted by atomic mass is 9.98. The highest BCUT2D eigenvalue weighted by atomic mass is 16.5. The zero-order chi connectivity index (χ0) is 17.8. The Kier molecular flexibility index (Phi) is 6.20. The first-order chi connectivity index (χ1) is 12.1. The molecule has 1 heterocycles. The fourth-order valence-corrected chi connectivity index (χ4v) is 4.04. The van der Waals surface area contributed by atoms with E-state index in [1.807, 2.05) is 0 Å². The number of rotatable bonds is 7. The Hall–Kier alpha value is -1.30. The highest BCUT2D eigenvalue weighted by Gasteiger charge is 2.26. The molecule has 2 aliphatic rings. The summed E-state index contributed by atoms with van der Waals surface area (Å²) < 4.78 is 16.7. The number of ether oxygens (including phenoxy) is 3. The van der Waals surface area contributed by atoms with Crippen LogP contribution in [-0.4, -0.2) is 56.1 Å². The third-order valence-corrected chi connectivity index (χ3v) is 5.55. The van der Waals surface area contributed by atoms with E-state index in [4.69, 9.17) is 14.2 Å². The van der Waals surface area contributed by atoms with E-state index in [0.717, 1.165) is 37.4 Å². The average molecular weight is 349 g/mol. The first kappa shape index (κ1) is 18.5. The number of aliphatic hydroxyl groups is 1. The van der Waals surface area contributed by atoms with E-state index in [9.17, 15) is 5.11 Å². The van der Waals surface area contributed by atoms with Gasteiger partial charge >= 0.3 is 0 Å². The number of methoxy groups -OCH3 is 2. The quantitative estimate of drug-likeness (QED) is 0.820. The first-order valence-electron chi connectivity index (χ1n) is 9.36. The summed E-state index contributed by atoms with van der Waals surface area (Å²) in [6, 6.07) is 4.13. The van der Waals surface area contributed by atoms with Crippen LogP contribution in [0.3, 0.4) is 0 Å². The van der Waals surface area contributed by atoms with E-state index in [-0.39, 0.29) is 0 Å². The number of aliphatic hydroxyl groups excluding tert-OH is 1. The van der Waals surface area contributed by atoms with Crippen molar-refractivity contribution < 1.29 is 19.3 Å². The molecule has 1 saturated carbocycles. The van der Waals surface area contributed by atoms with Gasteiger partial charge in [0.25, 0.3) is 0 Å². The largest absolute Gasteiger partial charge is 0.493 e. The van der Waals surface area contributed by atoms with Gasteiger partial charge in [0.05, 0.1) is 33.0 Å². The molecule has 1 fully saturated rings. The lowest BCUT2D eigenvalue weighted by molar-refractivity contribution is -0.0329. The fourth-order valence-electron chi connectivity index (χ4n) is 4.04. The maximum atomic E-state index is 10.4. The predicted octanol–water partition coefficient (Wildman–Crippen LogP) is 2.63. The molecule has 0 unspecified atom stereocenters. The molecule has 5 heteroatoms. The van der Waals surface area contributed by atoms with Crippen molar-refractivity contribution in [1.82, 2.24) is 4.90 Å². The molecule has 0 saturated heterocycles. The molecule has 3 rings (SSSR count). The molecule has 1 N–H and O–H groups in total. The number of β-amino-alcohol motifs (C(OH)–C–C–N with tert-alkyl or cyclic N) is 1. The molecule has 0 bridgehead atoms. The van der Waals surface area contributed by atoms with Gasteiger partial charge in [-0.3, -0.25) is 4.90 Å². The number of benzene rings is 1. The van der Waals surface area contributed by atoms with Gasteiger partial charge in [-0.2, -0.15) is 0 Å². The summed E-state index contributed by atoms with van der Waals surface area (Å²) in [4.78, 5) is 2.29. The van der Waals surface area contributed by atoms with E-state index in [0.29, 0.717) is 25.2 Å². The molecule has 140 valence electrons. The third kappa shape index (κ3) is 4.46. The second-order valence-electron chi connectivity index (χ2n) is 7.39. The summed E-state index contributed by atoms with van der Waals surface area (Å²) >= 11 is 0. The van der Waals surface area contributed by atoms with Crippen LogP contribution in [0.4, 0.5) is 0 Å². The van der Waals surface area contributed by atoms with Crippen LogP contribution in [0.25, 0.3) is 0 Å². The van der Waals surface area contributed by atoms with Gasteiger partial charge in [0, 0.05) is 19.6 Å². The SMILES string of the molecule is COc1cc2c(cc1OC)CN(C[C@H](O)CO[C@@H]1CCC[C@H]1C)CC2. The summed E-state index contributed by atoms with van der Waals surface area (Å²) in [5.74, 6) is 2.17. The Morgan fingerprint density at radius 2 is 1.88 bits per heavy atom. The van der Waals surface area contributed by atoms with Crippen LogP contribution < -0.4 is 9.47 Å². The minimum Gasteiger partial charge on any atom is -0.493 e. The lowest BCUT2D eigenvalue weighted by Crippen LogP contribution is -2.39. The monoisotopic (exact) mass is 349 g/mol. The Bertz CT molecular complexity index is 577. The fraction of sp³-hybridized carbons (Fsp3) is 0.700. The standard InChI is InChI=1S/C20H31NO4/c1-14-5-4-6-18(14)25-13-17(22)12-21-8-7-15-9-19(23-2)20(24-3)10-16(15)11-21/h9-10,14,17-18,22H,4-8,11-13H2,1-3H3/t14-,17+,18-/m1/s1. The van der Waals surface area contributed by atoms with Gasteiger partial charge in [-0.25, -0.2) is 0 Å². The molecule has 0 radical (unpaired) electrons. The van der Waals surface area contributed by atoms with Crippen molar-refractivity contribution in [2.75, 3.05) is 33.9 Å². The highest BCUT2D eigenvalue weighted by molar-refractivity contribution is 5.48. The molecule has 1 aliphatic carbocycles. The molecule has 0 spiro atoms. The number of hydrogen-bond acceptors (Lipinski definition) is 5. The summed E-state index contributed by atoms with van der Waals surface area (Å²) in [6.45, 7) is 5.10. The zero-order valence-corrected chi connectivity index (χ0v) is 15.7. The molecule has 3 atom stereocenters. The van der Waals surface area contributed by atoms with Gasteiger partial charge in [-0.05, 0) is 48.4 Å². The second-order valence-corrected chi connectivity index (χ2v) is 7.39. The molecule has 1 aliphatic heterocycles. The highest BCUT2D eigenvalue weighted by Crippen LogP contribution is 2.33. The Morgan fingerprint density at radius 3 is 2.52 bits per heavy atom. The summed E-state index contributed by atoms with van der Waals surface area (Å²) in [7, 11) is 3.33. The Balaban J connectivity index is 1.53. The van der Waals surface area contributed by atoms with Crippen LogP contribution in [0.2, 0.25) is 0 Å². The van der Waals surface area contributed by atoms with E-state index < -0.39 is 6.10 Å². The Morgan fingerprint density at radius 1 is 1.16 bits per heavy atom. The van der Waals surface area contributed by atoms with Crippen LogP contribution in [0.5, 0.6) is 11.5 Å². The maximum Gasteiger partial charge on any atom is 0.161 e. The molecule has 1 aromatic carbocycles. The van der Waals surface area contributed by atoms with Crippen LogP contribution in [-0.2, 0) is 17.7 Å².